The average molecular weight is 396 g/mol. The van der Waals surface area contributed by atoms with Crippen molar-refractivity contribution in [3.63, 3.8) is 0 Å². The number of anilines is 1. The molecule has 0 unspecified atom stereocenters. The van der Waals surface area contributed by atoms with Crippen LogP contribution in [0.15, 0.2) is 77.9 Å². The van der Waals surface area contributed by atoms with E-state index in [0.717, 1.165) is 24.2 Å². The number of pyridine rings is 1. The second-order valence-electron chi connectivity index (χ2n) is 7.54. The molecule has 6 heteroatoms. The molecular weight excluding hydrogens is 376 g/mol. The van der Waals surface area contributed by atoms with Crippen LogP contribution >= 0.6 is 0 Å². The molecule has 0 spiro atoms. The average Bonchev–Trinajstić information content (AvgIpc) is 3.62. The summed E-state index contributed by atoms with van der Waals surface area (Å²) < 4.78 is 1.78. The van der Waals surface area contributed by atoms with E-state index in [2.05, 4.69) is 10.3 Å². The standard InChI is InChI=1S/C24H20N4O2/c29-23(18-10-12-25-13-11-18)26-19-8-9-21-20(14-19)24(30)28(22(27-21)17-6-7-17)15-16-4-2-1-3-5-16/h1-5,8-14,17H,6-7,15H2,(H,26,29). The molecule has 0 radical (unpaired) electrons. The van der Waals surface area contributed by atoms with Crippen LogP contribution in [0.2, 0.25) is 0 Å². The van der Waals surface area contributed by atoms with E-state index in [0.29, 0.717) is 34.6 Å². The number of hydrogen-bond donors (Lipinski definition) is 1. The summed E-state index contributed by atoms with van der Waals surface area (Å²) >= 11 is 0. The Balaban J connectivity index is 1.54. The van der Waals surface area contributed by atoms with Gasteiger partial charge in [-0.15, -0.1) is 0 Å². The smallest absolute Gasteiger partial charge is 0.261 e. The van der Waals surface area contributed by atoms with Crippen molar-refractivity contribution in [2.45, 2.75) is 25.3 Å². The second kappa shape index (κ2) is 7.55. The van der Waals surface area contributed by atoms with E-state index in [1.807, 2.05) is 30.3 Å². The molecule has 0 aliphatic heterocycles. The minimum Gasteiger partial charge on any atom is -0.322 e. The van der Waals surface area contributed by atoms with Crippen LogP contribution in [0.25, 0.3) is 10.9 Å². The van der Waals surface area contributed by atoms with Crippen LogP contribution in [0.5, 0.6) is 0 Å². The number of aromatic nitrogens is 3. The van der Waals surface area contributed by atoms with Crippen molar-refractivity contribution < 1.29 is 4.79 Å². The van der Waals surface area contributed by atoms with E-state index >= 15 is 0 Å². The minimum absolute atomic E-state index is 0.0780. The Morgan fingerprint density at radius 2 is 1.80 bits per heavy atom. The largest absolute Gasteiger partial charge is 0.322 e. The number of rotatable bonds is 5. The molecule has 0 bridgehead atoms. The van der Waals surface area contributed by atoms with E-state index in [9.17, 15) is 9.59 Å². The molecule has 2 aromatic carbocycles. The fourth-order valence-electron chi connectivity index (χ4n) is 3.59. The monoisotopic (exact) mass is 396 g/mol. The van der Waals surface area contributed by atoms with Gasteiger partial charge in [0.25, 0.3) is 11.5 Å². The summed E-state index contributed by atoms with van der Waals surface area (Å²) in [6.07, 6.45) is 5.27. The first-order valence-electron chi connectivity index (χ1n) is 9.99. The molecule has 5 rings (SSSR count). The quantitative estimate of drug-likeness (QED) is 0.554. The van der Waals surface area contributed by atoms with Gasteiger partial charge in [-0.1, -0.05) is 30.3 Å². The van der Waals surface area contributed by atoms with Crippen LogP contribution in [-0.4, -0.2) is 20.4 Å². The lowest BCUT2D eigenvalue weighted by molar-refractivity contribution is 0.102. The van der Waals surface area contributed by atoms with Gasteiger partial charge in [0.15, 0.2) is 0 Å². The van der Waals surface area contributed by atoms with Crippen LogP contribution in [0, 0.1) is 0 Å². The zero-order valence-corrected chi connectivity index (χ0v) is 16.3. The molecule has 0 saturated heterocycles. The summed E-state index contributed by atoms with van der Waals surface area (Å²) in [4.78, 5) is 34.6. The molecule has 1 amide bonds. The summed E-state index contributed by atoms with van der Waals surface area (Å²) in [7, 11) is 0. The minimum atomic E-state index is -0.246. The molecule has 148 valence electrons. The molecule has 6 nitrogen and oxygen atoms in total. The Hall–Kier alpha value is -3.80. The van der Waals surface area contributed by atoms with Crippen LogP contribution < -0.4 is 10.9 Å². The first-order chi connectivity index (χ1) is 14.7. The van der Waals surface area contributed by atoms with E-state index in [1.165, 1.54) is 0 Å². The molecule has 2 heterocycles. The summed E-state index contributed by atoms with van der Waals surface area (Å²) in [5, 5.41) is 3.36. The maximum absolute atomic E-state index is 13.4. The summed E-state index contributed by atoms with van der Waals surface area (Å²) in [5.41, 5.74) is 2.71. The lowest BCUT2D eigenvalue weighted by Gasteiger charge is -2.14. The van der Waals surface area contributed by atoms with Crippen LogP contribution in [0.4, 0.5) is 5.69 Å². The molecule has 2 aromatic heterocycles. The van der Waals surface area contributed by atoms with Gasteiger partial charge in [0, 0.05) is 29.6 Å². The number of carbonyl (C=O) groups excluding carboxylic acids is 1. The number of nitrogens with one attached hydrogen (secondary N) is 1. The fraction of sp³-hybridized carbons (Fsp3) is 0.167. The number of benzene rings is 2. The Labute approximate surface area is 173 Å². The van der Waals surface area contributed by atoms with Crippen molar-refractivity contribution in [3.05, 3.63) is 100 Å². The van der Waals surface area contributed by atoms with Crippen LogP contribution in [0.3, 0.4) is 0 Å². The molecule has 1 N–H and O–H groups in total. The second-order valence-corrected chi connectivity index (χ2v) is 7.54. The summed E-state index contributed by atoms with van der Waals surface area (Å²) in [5.74, 6) is 0.950. The van der Waals surface area contributed by atoms with Gasteiger partial charge in [0.2, 0.25) is 0 Å². The van der Waals surface area contributed by atoms with E-state index in [1.54, 1.807) is 47.3 Å². The normalized spacial score (nSPS) is 13.3. The third kappa shape index (κ3) is 3.59. The van der Waals surface area contributed by atoms with Crippen LogP contribution in [-0.2, 0) is 6.54 Å². The van der Waals surface area contributed by atoms with Gasteiger partial charge in [-0.2, -0.15) is 0 Å². The van der Waals surface area contributed by atoms with Gasteiger partial charge in [-0.05, 0) is 48.7 Å². The van der Waals surface area contributed by atoms with Gasteiger partial charge < -0.3 is 5.32 Å². The van der Waals surface area contributed by atoms with Gasteiger partial charge >= 0.3 is 0 Å². The molecule has 0 atom stereocenters. The first-order valence-corrected chi connectivity index (χ1v) is 9.99. The topological polar surface area (TPSA) is 76.9 Å². The summed E-state index contributed by atoms with van der Waals surface area (Å²) in [6, 6.07) is 18.5. The maximum atomic E-state index is 13.4. The zero-order chi connectivity index (χ0) is 20.5. The lowest BCUT2D eigenvalue weighted by Crippen LogP contribution is -2.26. The predicted octanol–water partition coefficient (Wildman–Crippen LogP) is 3.97. The van der Waals surface area contributed by atoms with Crippen molar-refractivity contribution in [1.82, 2.24) is 14.5 Å². The number of amides is 1. The number of hydrogen-bond acceptors (Lipinski definition) is 4. The number of fused-ring (bicyclic) bond motifs is 1. The van der Waals surface area contributed by atoms with Crippen LogP contribution in [0.1, 0.15) is 40.5 Å². The summed E-state index contributed by atoms with van der Waals surface area (Å²) in [6.45, 7) is 0.488. The number of nitrogens with zero attached hydrogens (tertiary/aromatic N) is 3. The molecule has 1 saturated carbocycles. The molecule has 1 aliphatic rings. The highest BCUT2D eigenvalue weighted by atomic mass is 16.1. The van der Waals surface area contributed by atoms with Gasteiger partial charge in [0.1, 0.15) is 5.82 Å². The van der Waals surface area contributed by atoms with Gasteiger partial charge in [-0.3, -0.25) is 19.1 Å². The molecule has 30 heavy (non-hydrogen) atoms. The highest BCUT2D eigenvalue weighted by molar-refractivity contribution is 6.04. The number of carbonyl (C=O) groups is 1. The Morgan fingerprint density at radius 1 is 1.03 bits per heavy atom. The third-order valence-corrected chi connectivity index (χ3v) is 5.31. The molecule has 1 aliphatic carbocycles. The SMILES string of the molecule is O=C(Nc1ccc2nc(C3CC3)n(Cc3ccccc3)c(=O)c2c1)c1ccncc1. The van der Waals surface area contributed by atoms with Crippen molar-refractivity contribution in [2.75, 3.05) is 5.32 Å². The Kier molecular flexibility index (Phi) is 4.59. The molecule has 1 fully saturated rings. The van der Waals surface area contributed by atoms with Crippen molar-refractivity contribution in [3.8, 4) is 0 Å². The first kappa shape index (κ1) is 18.2. The highest BCUT2D eigenvalue weighted by Crippen LogP contribution is 2.39. The van der Waals surface area contributed by atoms with Gasteiger partial charge in [-0.25, -0.2) is 4.98 Å². The highest BCUT2D eigenvalue weighted by Gasteiger charge is 2.29. The maximum Gasteiger partial charge on any atom is 0.261 e. The van der Waals surface area contributed by atoms with Gasteiger partial charge in [0.05, 0.1) is 17.4 Å². The van der Waals surface area contributed by atoms with E-state index < -0.39 is 0 Å². The van der Waals surface area contributed by atoms with E-state index in [-0.39, 0.29) is 11.5 Å². The van der Waals surface area contributed by atoms with E-state index in [4.69, 9.17) is 4.98 Å². The lowest BCUT2D eigenvalue weighted by atomic mass is 10.1. The van der Waals surface area contributed by atoms with Crippen molar-refractivity contribution >= 4 is 22.5 Å². The van der Waals surface area contributed by atoms with Crippen molar-refractivity contribution in [1.29, 1.82) is 0 Å². The third-order valence-electron chi connectivity index (χ3n) is 5.31. The molecule has 4 aromatic rings. The Morgan fingerprint density at radius 3 is 2.53 bits per heavy atom. The zero-order valence-electron chi connectivity index (χ0n) is 16.3. The fourth-order valence-corrected chi connectivity index (χ4v) is 3.59. The Bertz CT molecular complexity index is 1280. The predicted molar refractivity (Wildman–Crippen MR) is 116 cm³/mol. The molecular formula is C24H20N4O2. The van der Waals surface area contributed by atoms with Crippen molar-refractivity contribution in [2.24, 2.45) is 0 Å².